The molecule has 0 spiro atoms. The summed E-state index contributed by atoms with van der Waals surface area (Å²) >= 11 is 0. The van der Waals surface area contributed by atoms with E-state index in [0.29, 0.717) is 6.04 Å². The third-order valence-corrected chi connectivity index (χ3v) is 3.83. The van der Waals surface area contributed by atoms with Gasteiger partial charge in [-0.25, -0.2) is 4.68 Å². The van der Waals surface area contributed by atoms with Gasteiger partial charge >= 0.3 is 0 Å². The van der Waals surface area contributed by atoms with Gasteiger partial charge in [0.05, 0.1) is 0 Å². The number of aryl methyl sites for hydroxylation is 1. The van der Waals surface area contributed by atoms with Crippen LogP contribution < -0.4 is 15.8 Å². The van der Waals surface area contributed by atoms with Crippen molar-refractivity contribution in [2.75, 3.05) is 24.5 Å². The van der Waals surface area contributed by atoms with Gasteiger partial charge in [-0.2, -0.15) is 5.10 Å². The van der Waals surface area contributed by atoms with Gasteiger partial charge in [0.1, 0.15) is 0 Å². The number of hydrogen-bond donors (Lipinski definition) is 1. The first-order valence-electron chi connectivity index (χ1n) is 7.27. The van der Waals surface area contributed by atoms with Crippen LogP contribution in [0, 0.1) is 0 Å². The lowest BCUT2D eigenvalue weighted by atomic mass is 10.1. The van der Waals surface area contributed by atoms with Gasteiger partial charge < -0.3 is 10.2 Å². The smallest absolute Gasteiger partial charge is 0.267 e. The van der Waals surface area contributed by atoms with Crippen molar-refractivity contribution in [2.45, 2.75) is 13.0 Å². The number of nitrogens with one attached hydrogen (secondary N) is 1. The van der Waals surface area contributed by atoms with Crippen molar-refractivity contribution in [3.05, 3.63) is 46.8 Å². The molecule has 0 amide bonds. The summed E-state index contributed by atoms with van der Waals surface area (Å²) in [4.78, 5) is 14.2. The lowest BCUT2D eigenvalue weighted by molar-refractivity contribution is 0.479. The molecule has 5 nitrogen and oxygen atoms in total. The normalized spacial score (nSPS) is 18.8. The van der Waals surface area contributed by atoms with E-state index in [1.165, 1.54) is 4.68 Å². The predicted molar refractivity (Wildman–Crippen MR) is 84.6 cm³/mol. The largest absolute Gasteiger partial charge is 0.352 e. The molecule has 1 fully saturated rings. The highest BCUT2D eigenvalue weighted by Gasteiger charge is 2.21. The van der Waals surface area contributed by atoms with Crippen molar-refractivity contribution in [2.24, 2.45) is 7.05 Å². The molecule has 0 radical (unpaired) electrons. The Bertz CT molecular complexity index is 680. The Hall–Kier alpha value is -2.14. The van der Waals surface area contributed by atoms with Crippen molar-refractivity contribution >= 4 is 5.82 Å². The minimum atomic E-state index is -0.0826. The zero-order chi connectivity index (χ0) is 14.8. The minimum Gasteiger partial charge on any atom is -0.352 e. The van der Waals surface area contributed by atoms with E-state index in [0.717, 1.165) is 36.6 Å². The molecule has 2 aromatic rings. The minimum absolute atomic E-state index is 0.0826. The Kier molecular flexibility index (Phi) is 3.75. The number of anilines is 1. The average molecular weight is 284 g/mol. The molecule has 1 N–H and O–H groups in total. The molecule has 0 aliphatic carbocycles. The van der Waals surface area contributed by atoms with Crippen LogP contribution in [0.5, 0.6) is 0 Å². The maximum atomic E-state index is 12.0. The van der Waals surface area contributed by atoms with E-state index in [4.69, 9.17) is 0 Å². The molecule has 1 aromatic heterocycles. The Morgan fingerprint density at radius 2 is 2.05 bits per heavy atom. The predicted octanol–water partition coefficient (Wildman–Crippen LogP) is 1.25. The molecule has 1 aromatic carbocycles. The second-order valence-electron chi connectivity index (χ2n) is 5.51. The Labute approximate surface area is 124 Å². The summed E-state index contributed by atoms with van der Waals surface area (Å²) in [7, 11) is 1.70. The number of rotatable bonds is 2. The number of piperazine rings is 1. The van der Waals surface area contributed by atoms with Crippen LogP contribution in [-0.2, 0) is 7.05 Å². The number of hydrogen-bond acceptors (Lipinski definition) is 4. The topological polar surface area (TPSA) is 50.2 Å². The standard InChI is InChI=1S/C16H20N4O/c1-12-11-20(9-8-17-12)16-14(10-15(21)19(2)18-16)13-6-4-3-5-7-13/h3-7,10,12,17H,8-9,11H2,1-2H3/t12-/m1/s1. The SMILES string of the molecule is C[C@@H]1CN(c2nn(C)c(=O)cc2-c2ccccc2)CCN1. The number of nitrogens with zero attached hydrogens (tertiary/aromatic N) is 3. The molecule has 1 saturated heterocycles. The first-order chi connectivity index (χ1) is 10.1. The monoisotopic (exact) mass is 284 g/mol. The van der Waals surface area contributed by atoms with E-state index in [1.54, 1.807) is 13.1 Å². The Balaban J connectivity index is 2.10. The van der Waals surface area contributed by atoms with Crippen molar-refractivity contribution in [3.8, 4) is 11.1 Å². The average Bonchev–Trinajstić information content (AvgIpc) is 2.50. The quantitative estimate of drug-likeness (QED) is 0.901. The van der Waals surface area contributed by atoms with E-state index >= 15 is 0 Å². The third-order valence-electron chi connectivity index (χ3n) is 3.83. The molecule has 1 atom stereocenters. The van der Waals surface area contributed by atoms with Crippen molar-refractivity contribution in [1.82, 2.24) is 15.1 Å². The van der Waals surface area contributed by atoms with Crippen LogP contribution in [-0.4, -0.2) is 35.5 Å². The molecular weight excluding hydrogens is 264 g/mol. The van der Waals surface area contributed by atoms with Crippen LogP contribution in [0.2, 0.25) is 0 Å². The highest BCUT2D eigenvalue weighted by Crippen LogP contribution is 2.27. The van der Waals surface area contributed by atoms with E-state index in [1.807, 2.05) is 30.3 Å². The lowest BCUT2D eigenvalue weighted by Crippen LogP contribution is -2.50. The summed E-state index contributed by atoms with van der Waals surface area (Å²) in [6.07, 6.45) is 0. The zero-order valence-electron chi connectivity index (χ0n) is 12.4. The van der Waals surface area contributed by atoms with E-state index in [9.17, 15) is 4.79 Å². The third kappa shape index (κ3) is 2.83. The van der Waals surface area contributed by atoms with Crippen LogP contribution in [0.3, 0.4) is 0 Å². The fourth-order valence-corrected chi connectivity index (χ4v) is 2.72. The molecule has 1 aliphatic heterocycles. The summed E-state index contributed by atoms with van der Waals surface area (Å²) in [5.74, 6) is 0.886. The Morgan fingerprint density at radius 1 is 1.29 bits per heavy atom. The molecule has 1 aliphatic rings. The maximum Gasteiger partial charge on any atom is 0.267 e. The van der Waals surface area contributed by atoms with Crippen LogP contribution >= 0.6 is 0 Å². The summed E-state index contributed by atoms with van der Waals surface area (Å²) in [5, 5.41) is 7.94. The van der Waals surface area contributed by atoms with Crippen LogP contribution in [0.1, 0.15) is 6.92 Å². The maximum absolute atomic E-state index is 12.0. The molecular formula is C16H20N4O. The van der Waals surface area contributed by atoms with Gasteiger partial charge in [-0.05, 0) is 12.5 Å². The summed E-state index contributed by atoms with van der Waals surface area (Å²) in [6.45, 7) is 4.89. The van der Waals surface area contributed by atoms with E-state index in [2.05, 4.69) is 22.2 Å². The zero-order valence-corrected chi connectivity index (χ0v) is 12.4. The summed E-state index contributed by atoms with van der Waals surface area (Å²) in [6, 6.07) is 12.1. The van der Waals surface area contributed by atoms with E-state index < -0.39 is 0 Å². The number of benzene rings is 1. The van der Waals surface area contributed by atoms with Crippen LogP contribution in [0.4, 0.5) is 5.82 Å². The van der Waals surface area contributed by atoms with Gasteiger partial charge in [-0.3, -0.25) is 4.79 Å². The molecule has 2 heterocycles. The van der Waals surface area contributed by atoms with Crippen molar-refractivity contribution in [1.29, 1.82) is 0 Å². The molecule has 0 unspecified atom stereocenters. The van der Waals surface area contributed by atoms with Gasteiger partial charge in [0.15, 0.2) is 5.82 Å². The summed E-state index contributed by atoms with van der Waals surface area (Å²) < 4.78 is 1.41. The van der Waals surface area contributed by atoms with Gasteiger partial charge in [-0.1, -0.05) is 30.3 Å². The van der Waals surface area contributed by atoms with Crippen LogP contribution in [0.15, 0.2) is 41.2 Å². The van der Waals surface area contributed by atoms with Crippen molar-refractivity contribution in [3.63, 3.8) is 0 Å². The molecule has 0 saturated carbocycles. The van der Waals surface area contributed by atoms with Crippen LogP contribution in [0.25, 0.3) is 11.1 Å². The lowest BCUT2D eigenvalue weighted by Gasteiger charge is -2.33. The Morgan fingerprint density at radius 3 is 2.76 bits per heavy atom. The highest BCUT2D eigenvalue weighted by atomic mass is 16.1. The molecule has 0 bridgehead atoms. The van der Waals surface area contributed by atoms with Gasteiger partial charge in [0.2, 0.25) is 0 Å². The highest BCUT2D eigenvalue weighted by molar-refractivity contribution is 5.75. The fraction of sp³-hybridized carbons (Fsp3) is 0.375. The first-order valence-corrected chi connectivity index (χ1v) is 7.27. The van der Waals surface area contributed by atoms with Crippen molar-refractivity contribution < 1.29 is 0 Å². The van der Waals surface area contributed by atoms with Gasteiger partial charge in [0.25, 0.3) is 5.56 Å². The molecule has 5 heteroatoms. The van der Waals surface area contributed by atoms with Gasteiger partial charge in [-0.15, -0.1) is 0 Å². The first kappa shape index (κ1) is 13.8. The van der Waals surface area contributed by atoms with Gasteiger partial charge in [0, 0.05) is 44.4 Å². The molecule has 21 heavy (non-hydrogen) atoms. The van der Waals surface area contributed by atoms with E-state index in [-0.39, 0.29) is 5.56 Å². The second kappa shape index (κ2) is 5.69. The summed E-state index contributed by atoms with van der Waals surface area (Å²) in [5.41, 5.74) is 1.86. The second-order valence-corrected chi connectivity index (χ2v) is 5.51. The fourth-order valence-electron chi connectivity index (χ4n) is 2.72. The molecule has 110 valence electrons. The number of aromatic nitrogens is 2. The molecule has 3 rings (SSSR count).